The van der Waals surface area contributed by atoms with E-state index in [4.69, 9.17) is 0 Å². The Kier molecular flexibility index (Phi) is 7.57. The van der Waals surface area contributed by atoms with Crippen LogP contribution >= 0.6 is 0 Å². The van der Waals surface area contributed by atoms with Crippen LogP contribution in [0.25, 0.3) is 6.08 Å². The van der Waals surface area contributed by atoms with Gasteiger partial charge in [0.05, 0.1) is 6.61 Å². The van der Waals surface area contributed by atoms with Crippen LogP contribution in [0.3, 0.4) is 0 Å². The molecule has 2 aromatic rings. The smallest absolute Gasteiger partial charge is 0.244 e. The molecule has 1 atom stereocenters. The summed E-state index contributed by atoms with van der Waals surface area (Å²) >= 11 is 0. The molecular formula is C22H28N2O2. The summed E-state index contributed by atoms with van der Waals surface area (Å²) in [7, 11) is 3.82. The van der Waals surface area contributed by atoms with Gasteiger partial charge in [-0.2, -0.15) is 0 Å². The van der Waals surface area contributed by atoms with Crippen molar-refractivity contribution in [2.45, 2.75) is 13.0 Å². The molecule has 2 rings (SSSR count). The number of aliphatic hydroxyl groups is 1. The molecule has 1 unspecified atom stereocenters. The molecule has 4 heteroatoms. The Balaban J connectivity index is 2.19. The van der Waals surface area contributed by atoms with Crippen LogP contribution in [-0.4, -0.2) is 54.6 Å². The molecule has 0 aliphatic carbocycles. The number of nitrogens with zero attached hydrogens (tertiary/aromatic N) is 2. The van der Waals surface area contributed by atoms with E-state index in [0.717, 1.165) is 16.7 Å². The molecule has 0 heterocycles. The van der Waals surface area contributed by atoms with Gasteiger partial charge in [-0.1, -0.05) is 66.7 Å². The summed E-state index contributed by atoms with van der Waals surface area (Å²) in [4.78, 5) is 16.8. The van der Waals surface area contributed by atoms with Crippen molar-refractivity contribution in [2.75, 3.05) is 33.8 Å². The zero-order chi connectivity index (χ0) is 18.9. The Morgan fingerprint density at radius 2 is 1.73 bits per heavy atom. The number of aryl methyl sites for hydroxylation is 1. The largest absolute Gasteiger partial charge is 0.395 e. The van der Waals surface area contributed by atoms with Gasteiger partial charge in [0, 0.05) is 13.1 Å². The normalized spacial score (nSPS) is 12.5. The maximum Gasteiger partial charge on any atom is 0.244 e. The minimum absolute atomic E-state index is 0.00365. The van der Waals surface area contributed by atoms with E-state index >= 15 is 0 Å². The second kappa shape index (κ2) is 9.90. The van der Waals surface area contributed by atoms with E-state index in [9.17, 15) is 9.90 Å². The number of likely N-dealkylation sites (N-methyl/N-ethyl adjacent to an activating group) is 1. The molecule has 0 saturated carbocycles. The van der Waals surface area contributed by atoms with Crippen molar-refractivity contribution in [3.63, 3.8) is 0 Å². The van der Waals surface area contributed by atoms with Gasteiger partial charge >= 0.3 is 0 Å². The van der Waals surface area contributed by atoms with E-state index in [1.165, 1.54) is 0 Å². The van der Waals surface area contributed by atoms with Gasteiger partial charge in [0.1, 0.15) is 6.04 Å². The number of carbonyl (C=O) groups is 1. The number of benzene rings is 2. The number of amides is 1. The zero-order valence-electron chi connectivity index (χ0n) is 15.8. The molecule has 4 nitrogen and oxygen atoms in total. The average molecular weight is 352 g/mol. The van der Waals surface area contributed by atoms with Crippen molar-refractivity contribution in [1.82, 2.24) is 9.80 Å². The van der Waals surface area contributed by atoms with Crippen LogP contribution in [0.5, 0.6) is 0 Å². The molecule has 2 aromatic carbocycles. The summed E-state index contributed by atoms with van der Waals surface area (Å²) in [5.41, 5.74) is 3.17. The third-order valence-electron chi connectivity index (χ3n) is 4.35. The molecule has 0 radical (unpaired) electrons. The van der Waals surface area contributed by atoms with E-state index < -0.39 is 0 Å². The summed E-state index contributed by atoms with van der Waals surface area (Å²) in [5.74, 6) is -0.00365. The first-order valence-corrected chi connectivity index (χ1v) is 8.87. The van der Waals surface area contributed by atoms with E-state index in [1.54, 1.807) is 4.90 Å². The van der Waals surface area contributed by atoms with Gasteiger partial charge in [0.2, 0.25) is 5.91 Å². The second-order valence-electron chi connectivity index (χ2n) is 6.54. The highest BCUT2D eigenvalue weighted by Crippen LogP contribution is 2.24. The number of hydrogen-bond acceptors (Lipinski definition) is 3. The second-order valence-corrected chi connectivity index (χ2v) is 6.54. The van der Waals surface area contributed by atoms with Crippen molar-refractivity contribution >= 4 is 12.0 Å². The lowest BCUT2D eigenvalue weighted by Crippen LogP contribution is -2.42. The molecule has 0 spiro atoms. The first kappa shape index (κ1) is 19.9. The lowest BCUT2D eigenvalue weighted by atomic mass is 9.99. The van der Waals surface area contributed by atoms with Crippen molar-refractivity contribution < 1.29 is 9.90 Å². The van der Waals surface area contributed by atoms with Gasteiger partial charge in [-0.15, -0.1) is 0 Å². The van der Waals surface area contributed by atoms with Gasteiger partial charge in [0.25, 0.3) is 0 Å². The zero-order valence-corrected chi connectivity index (χ0v) is 15.8. The summed E-state index contributed by atoms with van der Waals surface area (Å²) in [6.07, 6.45) is 3.96. The maximum atomic E-state index is 13.2. The van der Waals surface area contributed by atoms with Crippen LogP contribution in [0.2, 0.25) is 0 Å². The summed E-state index contributed by atoms with van der Waals surface area (Å²) < 4.78 is 0. The summed E-state index contributed by atoms with van der Waals surface area (Å²) in [6.45, 7) is 2.74. The molecule has 0 saturated heterocycles. The molecule has 0 fully saturated rings. The predicted octanol–water partition coefficient (Wildman–Crippen LogP) is 3.13. The van der Waals surface area contributed by atoms with Crippen LogP contribution in [-0.2, 0) is 4.79 Å². The molecule has 0 aliphatic rings. The quantitative estimate of drug-likeness (QED) is 0.794. The molecule has 0 aromatic heterocycles. The van der Waals surface area contributed by atoms with E-state index in [2.05, 4.69) is 0 Å². The maximum absolute atomic E-state index is 13.2. The molecule has 0 bridgehead atoms. The highest BCUT2D eigenvalue weighted by Gasteiger charge is 2.28. The highest BCUT2D eigenvalue weighted by molar-refractivity contribution is 5.84. The highest BCUT2D eigenvalue weighted by atomic mass is 16.3. The van der Waals surface area contributed by atoms with Crippen LogP contribution < -0.4 is 0 Å². The van der Waals surface area contributed by atoms with E-state index in [1.807, 2.05) is 92.7 Å². The van der Waals surface area contributed by atoms with Crippen molar-refractivity contribution in [1.29, 1.82) is 0 Å². The molecule has 1 N–H and O–H groups in total. The third kappa shape index (κ3) is 5.28. The lowest BCUT2D eigenvalue weighted by molar-refractivity contribution is -0.136. The monoisotopic (exact) mass is 352 g/mol. The average Bonchev–Trinajstić information content (AvgIpc) is 2.63. The lowest BCUT2D eigenvalue weighted by Gasteiger charge is -2.31. The fourth-order valence-electron chi connectivity index (χ4n) is 2.99. The molecule has 26 heavy (non-hydrogen) atoms. The number of hydrogen-bond donors (Lipinski definition) is 1. The van der Waals surface area contributed by atoms with Crippen molar-refractivity contribution in [3.8, 4) is 0 Å². The van der Waals surface area contributed by atoms with Gasteiger partial charge in [-0.25, -0.2) is 0 Å². The van der Waals surface area contributed by atoms with Gasteiger partial charge in [-0.05, 0) is 37.7 Å². The SMILES string of the molecule is Cc1ccccc1C(C(=O)N(CC=Cc1ccccc1)CCO)N(C)C. The number of aliphatic hydroxyl groups excluding tert-OH is 1. The predicted molar refractivity (Wildman–Crippen MR) is 107 cm³/mol. The fourth-order valence-corrected chi connectivity index (χ4v) is 2.99. The van der Waals surface area contributed by atoms with E-state index in [0.29, 0.717) is 13.1 Å². The van der Waals surface area contributed by atoms with Crippen molar-refractivity contribution in [2.24, 2.45) is 0 Å². The topological polar surface area (TPSA) is 43.8 Å². The molecule has 0 aliphatic heterocycles. The first-order chi connectivity index (χ1) is 12.5. The number of rotatable bonds is 8. The Hall–Kier alpha value is -2.43. The Bertz CT molecular complexity index is 726. The minimum atomic E-state index is -0.368. The van der Waals surface area contributed by atoms with Gasteiger partial charge in [-0.3, -0.25) is 9.69 Å². The van der Waals surface area contributed by atoms with Gasteiger partial charge in [0.15, 0.2) is 0 Å². The first-order valence-electron chi connectivity index (χ1n) is 8.87. The van der Waals surface area contributed by atoms with E-state index in [-0.39, 0.29) is 18.6 Å². The minimum Gasteiger partial charge on any atom is -0.395 e. The van der Waals surface area contributed by atoms with Gasteiger partial charge < -0.3 is 10.0 Å². The summed E-state index contributed by atoms with van der Waals surface area (Å²) in [5, 5.41) is 9.42. The standard InChI is InChI=1S/C22H28N2O2/c1-18-10-7-8-14-20(18)21(23(2)3)22(26)24(16-17-25)15-9-13-19-11-5-4-6-12-19/h4-14,21,25H,15-17H2,1-3H3. The van der Waals surface area contributed by atoms with Crippen molar-refractivity contribution in [3.05, 3.63) is 77.4 Å². The fraction of sp³-hybridized carbons (Fsp3) is 0.318. The molecular weight excluding hydrogens is 324 g/mol. The molecule has 1 amide bonds. The Labute approximate surface area is 156 Å². The number of carbonyl (C=O) groups excluding carboxylic acids is 1. The Morgan fingerprint density at radius 3 is 2.35 bits per heavy atom. The van der Waals surface area contributed by atoms with Crippen LogP contribution in [0.1, 0.15) is 22.7 Å². The molecule has 138 valence electrons. The summed E-state index contributed by atoms with van der Waals surface area (Å²) in [6, 6.07) is 17.6. The Morgan fingerprint density at radius 1 is 1.08 bits per heavy atom. The van der Waals surface area contributed by atoms with Crippen LogP contribution in [0.15, 0.2) is 60.7 Å². The third-order valence-corrected chi connectivity index (χ3v) is 4.35. The van der Waals surface area contributed by atoms with Crippen LogP contribution in [0.4, 0.5) is 0 Å². The van der Waals surface area contributed by atoms with Crippen LogP contribution in [0, 0.1) is 6.92 Å².